The van der Waals surface area contributed by atoms with Crippen molar-refractivity contribution in [2.24, 2.45) is 5.16 Å². The zero-order valence-corrected chi connectivity index (χ0v) is 15.6. The third-order valence-electron chi connectivity index (χ3n) is 3.94. The number of carbonyl (C=O) groups excluding carboxylic acids is 1. The Morgan fingerprint density at radius 3 is 2.88 bits per heavy atom. The molecule has 2 heterocycles. The van der Waals surface area contributed by atoms with Crippen LogP contribution in [0.25, 0.3) is 0 Å². The minimum Gasteiger partial charge on any atom is -0.394 e. The number of thioether (sulfide) groups is 1. The van der Waals surface area contributed by atoms with Crippen LogP contribution in [0.5, 0.6) is 0 Å². The van der Waals surface area contributed by atoms with Crippen LogP contribution in [-0.2, 0) is 9.63 Å². The van der Waals surface area contributed by atoms with Crippen LogP contribution in [0, 0.1) is 0 Å². The lowest BCUT2D eigenvalue weighted by Crippen LogP contribution is -2.41. The van der Waals surface area contributed by atoms with Crippen LogP contribution in [0.3, 0.4) is 0 Å². The molecule has 2 aliphatic rings. The number of fused-ring (bicyclic) bond motifs is 1. The average molecular weight is 385 g/mol. The summed E-state index contributed by atoms with van der Waals surface area (Å²) in [6.45, 7) is 3.96. The predicted octanol–water partition coefficient (Wildman–Crippen LogP) is 4.36. The number of rotatable bonds is 4. The van der Waals surface area contributed by atoms with Gasteiger partial charge in [-0.25, -0.2) is 0 Å². The average Bonchev–Trinajstić information content (AvgIpc) is 2.92. The monoisotopic (exact) mass is 384 g/mol. The Balaban J connectivity index is 1.92. The van der Waals surface area contributed by atoms with Crippen LogP contribution in [0.15, 0.2) is 35.0 Å². The van der Waals surface area contributed by atoms with Crippen molar-refractivity contribution >= 4 is 45.9 Å². The van der Waals surface area contributed by atoms with Crippen LogP contribution in [0.4, 0.5) is 0 Å². The molecule has 1 fully saturated rings. The van der Waals surface area contributed by atoms with Gasteiger partial charge in [0.05, 0.1) is 15.6 Å². The van der Waals surface area contributed by atoms with Gasteiger partial charge in [-0.2, -0.15) is 0 Å². The van der Waals surface area contributed by atoms with Crippen LogP contribution < -0.4 is 0 Å². The lowest BCUT2D eigenvalue weighted by Gasteiger charge is -2.33. The van der Waals surface area contributed by atoms with E-state index < -0.39 is 0 Å². The van der Waals surface area contributed by atoms with Gasteiger partial charge in [0.25, 0.3) is 0 Å². The van der Waals surface area contributed by atoms with Crippen molar-refractivity contribution in [2.45, 2.75) is 25.0 Å². The van der Waals surface area contributed by atoms with Gasteiger partial charge in [0, 0.05) is 18.3 Å². The number of carbonyl (C=O) groups is 1. The number of hydrogen-bond acceptors (Lipinski definition) is 4. The fourth-order valence-electron chi connectivity index (χ4n) is 2.81. The second-order valence-corrected chi connectivity index (χ2v) is 7.72. The molecule has 0 bridgehead atoms. The molecule has 0 amide bonds. The Bertz CT molecular complexity index is 686. The molecule has 1 aromatic carbocycles. The summed E-state index contributed by atoms with van der Waals surface area (Å²) < 4.78 is 0. The number of halogens is 2. The first-order valence-corrected chi connectivity index (χ1v) is 9.54. The molecular formula is C17H18Cl2N2O2S. The van der Waals surface area contributed by atoms with Crippen LogP contribution in [0.2, 0.25) is 10.0 Å². The predicted molar refractivity (Wildman–Crippen MR) is 99.9 cm³/mol. The van der Waals surface area contributed by atoms with Gasteiger partial charge in [-0.05, 0) is 36.6 Å². The molecule has 0 saturated carbocycles. The van der Waals surface area contributed by atoms with Gasteiger partial charge in [0.1, 0.15) is 6.61 Å². The van der Waals surface area contributed by atoms with Crippen molar-refractivity contribution < 1.29 is 9.63 Å². The molecule has 1 aromatic rings. The Morgan fingerprint density at radius 1 is 1.42 bits per heavy atom. The molecule has 0 aliphatic carbocycles. The highest BCUT2D eigenvalue weighted by molar-refractivity contribution is 8.15. The molecule has 2 aliphatic heterocycles. The molecule has 1 saturated heterocycles. The Hall–Kier alpha value is -1.17. The third kappa shape index (κ3) is 3.73. The molecule has 1 atom stereocenters. The van der Waals surface area contributed by atoms with Gasteiger partial charge in [-0.1, -0.05) is 53.1 Å². The molecule has 7 heteroatoms. The van der Waals surface area contributed by atoms with Crippen molar-refractivity contribution in [2.75, 3.05) is 19.7 Å². The summed E-state index contributed by atoms with van der Waals surface area (Å²) in [6.07, 6.45) is 3.49. The van der Waals surface area contributed by atoms with E-state index in [1.54, 1.807) is 24.3 Å². The van der Waals surface area contributed by atoms with Crippen molar-refractivity contribution in [3.05, 3.63) is 45.5 Å². The van der Waals surface area contributed by atoms with Crippen molar-refractivity contribution in [3.63, 3.8) is 0 Å². The van der Waals surface area contributed by atoms with E-state index in [1.165, 1.54) is 11.8 Å². The maximum Gasteiger partial charge on any atom is 0.212 e. The maximum absolute atomic E-state index is 11.6. The van der Waals surface area contributed by atoms with E-state index in [4.69, 9.17) is 28.0 Å². The maximum atomic E-state index is 11.6. The number of nitrogens with zero attached hydrogens (tertiary/aromatic N) is 2. The Kier molecular flexibility index (Phi) is 5.74. The normalized spacial score (nSPS) is 20.9. The van der Waals surface area contributed by atoms with Crippen LogP contribution in [0.1, 0.15) is 25.3 Å². The number of likely N-dealkylation sites (tertiary alicyclic amines) is 1. The van der Waals surface area contributed by atoms with Gasteiger partial charge in [-0.3, -0.25) is 4.79 Å². The first kappa shape index (κ1) is 17.6. The summed E-state index contributed by atoms with van der Waals surface area (Å²) in [7, 11) is 0. The Morgan fingerprint density at radius 2 is 2.17 bits per heavy atom. The van der Waals surface area contributed by atoms with E-state index in [2.05, 4.69) is 10.1 Å². The second kappa shape index (κ2) is 7.81. The zero-order valence-electron chi connectivity index (χ0n) is 13.3. The fraction of sp³-hybridized carbons (Fsp3) is 0.412. The number of benzene rings is 1. The van der Waals surface area contributed by atoms with E-state index in [9.17, 15) is 4.79 Å². The molecule has 0 radical (unpaired) electrons. The standard InChI is InChI=1S/C17H18Cl2N2O2S/c1-2-8-23-20-17(16-12(18)4-3-5-13(16)19)21-7-6-14-11(10-21)9-15(22)24-14/h3-5,9,14H,2,6-8,10H2,1H3/b20-17+. The quantitative estimate of drug-likeness (QED) is 0.334. The summed E-state index contributed by atoms with van der Waals surface area (Å²) in [5.74, 6) is 0.628. The van der Waals surface area contributed by atoms with Crippen LogP contribution >= 0.6 is 35.0 Å². The highest BCUT2D eigenvalue weighted by Gasteiger charge is 2.33. The number of amidine groups is 1. The largest absolute Gasteiger partial charge is 0.394 e. The van der Waals surface area contributed by atoms with Crippen molar-refractivity contribution in [1.29, 1.82) is 0 Å². The number of hydrogen-bond donors (Lipinski definition) is 0. The number of oxime groups is 1. The summed E-state index contributed by atoms with van der Waals surface area (Å²) >= 11 is 14.1. The number of piperidine rings is 1. The molecule has 0 spiro atoms. The lowest BCUT2D eigenvalue weighted by atomic mass is 10.0. The molecule has 1 unspecified atom stereocenters. The first-order chi connectivity index (χ1) is 11.6. The topological polar surface area (TPSA) is 41.9 Å². The lowest BCUT2D eigenvalue weighted by molar-refractivity contribution is -0.106. The minimum absolute atomic E-state index is 0.133. The summed E-state index contributed by atoms with van der Waals surface area (Å²) in [5.41, 5.74) is 1.80. The molecule has 3 rings (SSSR count). The molecule has 24 heavy (non-hydrogen) atoms. The van der Waals surface area contributed by atoms with Crippen molar-refractivity contribution in [3.8, 4) is 0 Å². The molecular weight excluding hydrogens is 367 g/mol. The smallest absolute Gasteiger partial charge is 0.212 e. The van der Waals surface area contributed by atoms with Crippen LogP contribution in [-0.4, -0.2) is 40.8 Å². The Labute approximate surface area is 155 Å². The van der Waals surface area contributed by atoms with Gasteiger partial charge in [0.15, 0.2) is 5.84 Å². The highest BCUT2D eigenvalue weighted by Crippen LogP contribution is 2.36. The van der Waals surface area contributed by atoms with E-state index in [1.807, 2.05) is 6.92 Å². The molecule has 0 aromatic heterocycles. The van der Waals surface area contributed by atoms with E-state index in [0.29, 0.717) is 34.6 Å². The highest BCUT2D eigenvalue weighted by atomic mass is 35.5. The summed E-state index contributed by atoms with van der Waals surface area (Å²) in [4.78, 5) is 19.2. The summed E-state index contributed by atoms with van der Waals surface area (Å²) in [6, 6.07) is 5.39. The second-order valence-electron chi connectivity index (χ2n) is 5.70. The molecule has 4 nitrogen and oxygen atoms in total. The van der Waals surface area contributed by atoms with E-state index >= 15 is 0 Å². The van der Waals surface area contributed by atoms with Gasteiger partial charge >= 0.3 is 0 Å². The van der Waals surface area contributed by atoms with Crippen molar-refractivity contribution in [1.82, 2.24) is 4.90 Å². The van der Waals surface area contributed by atoms with Gasteiger partial charge in [-0.15, -0.1) is 0 Å². The minimum atomic E-state index is 0.133. The summed E-state index contributed by atoms with van der Waals surface area (Å²) in [5, 5.41) is 5.81. The first-order valence-electron chi connectivity index (χ1n) is 7.90. The van der Waals surface area contributed by atoms with E-state index in [0.717, 1.165) is 25.0 Å². The zero-order chi connectivity index (χ0) is 17.1. The van der Waals surface area contributed by atoms with E-state index in [-0.39, 0.29) is 10.4 Å². The SMILES string of the molecule is CCCO/N=C(\c1c(Cl)cccc1Cl)N1CCC2SC(=O)C=C2C1. The van der Waals surface area contributed by atoms with Gasteiger partial charge in [0.2, 0.25) is 5.12 Å². The molecule has 0 N–H and O–H groups in total. The fourth-order valence-corrected chi connectivity index (χ4v) is 4.39. The third-order valence-corrected chi connectivity index (χ3v) is 5.75. The molecule has 128 valence electrons. The van der Waals surface area contributed by atoms with Gasteiger partial charge < -0.3 is 9.74 Å².